The van der Waals surface area contributed by atoms with Gasteiger partial charge in [-0.25, -0.2) is 0 Å². The van der Waals surface area contributed by atoms with Gasteiger partial charge >= 0.3 is 0 Å². The molecule has 0 saturated carbocycles. The van der Waals surface area contributed by atoms with Crippen molar-refractivity contribution in [1.29, 1.82) is 0 Å². The third-order valence-corrected chi connectivity index (χ3v) is 6.62. The number of piperidine rings is 1. The van der Waals surface area contributed by atoms with E-state index in [1.807, 2.05) is 6.07 Å². The van der Waals surface area contributed by atoms with Gasteiger partial charge in [-0.15, -0.1) is 0 Å². The number of carbonyl (C=O) groups is 1. The Hall–Kier alpha value is -2.24. The van der Waals surface area contributed by atoms with Crippen molar-refractivity contribution in [3.05, 3.63) is 51.5 Å². The zero-order chi connectivity index (χ0) is 21.0. The molecule has 0 N–H and O–H groups in total. The lowest BCUT2D eigenvalue weighted by Gasteiger charge is -2.43. The van der Waals surface area contributed by atoms with Crippen molar-refractivity contribution < 1.29 is 13.9 Å². The van der Waals surface area contributed by atoms with Crippen LogP contribution in [0.25, 0.3) is 11.1 Å². The number of nitrogens with zero attached hydrogens (tertiary/aromatic N) is 2. The number of hydrogen-bond donors (Lipinski definition) is 0. The van der Waals surface area contributed by atoms with Gasteiger partial charge in [-0.2, -0.15) is 4.98 Å². The predicted octanol–water partition coefficient (Wildman–Crippen LogP) is 6.26. The van der Waals surface area contributed by atoms with Crippen LogP contribution in [-0.2, 0) is 0 Å². The summed E-state index contributed by atoms with van der Waals surface area (Å²) < 4.78 is 12.3. The van der Waals surface area contributed by atoms with Crippen molar-refractivity contribution >= 4 is 46.1 Å². The Balaban J connectivity index is 1.36. The molecule has 0 atom stereocenters. The van der Waals surface area contributed by atoms with E-state index in [9.17, 15) is 4.79 Å². The van der Waals surface area contributed by atoms with E-state index in [-0.39, 0.29) is 5.78 Å². The smallest absolute Gasteiger partial charge is 0.298 e. The highest BCUT2D eigenvalue weighted by atomic mass is 35.5. The number of aromatic nitrogens is 1. The molecule has 2 aliphatic rings. The summed E-state index contributed by atoms with van der Waals surface area (Å²) in [5, 5.41) is 0.824. The van der Waals surface area contributed by atoms with Crippen LogP contribution in [0.3, 0.4) is 0 Å². The number of ether oxygens (including phenoxy) is 1. The summed E-state index contributed by atoms with van der Waals surface area (Å²) in [6, 6.07) is 10.0. The van der Waals surface area contributed by atoms with Crippen LogP contribution in [0.1, 0.15) is 54.9 Å². The van der Waals surface area contributed by atoms with Crippen LogP contribution < -0.4 is 9.64 Å². The van der Waals surface area contributed by atoms with Gasteiger partial charge in [0.2, 0.25) is 0 Å². The van der Waals surface area contributed by atoms with Crippen molar-refractivity contribution in [3.8, 4) is 5.75 Å². The number of fused-ring (bicyclic) bond motifs is 2. The van der Waals surface area contributed by atoms with Crippen LogP contribution in [0.5, 0.6) is 5.75 Å². The molecule has 30 heavy (non-hydrogen) atoms. The lowest BCUT2D eigenvalue weighted by molar-refractivity contribution is 0.0227. The standard InChI is InChI=1S/C23H22Cl2N2O3/c1-13(2)14-3-4-20-18(9-14)26-22(29-20)27-7-5-23(6-8-27)12-19(28)16-10-15(24)11-17(25)21(16)30-23/h3-4,9-11,13H,5-8,12H2,1-2H3. The van der Waals surface area contributed by atoms with Gasteiger partial charge in [0.25, 0.3) is 6.01 Å². The highest BCUT2D eigenvalue weighted by Gasteiger charge is 2.44. The molecular weight excluding hydrogens is 423 g/mol. The van der Waals surface area contributed by atoms with Gasteiger partial charge < -0.3 is 14.1 Å². The van der Waals surface area contributed by atoms with Crippen LogP contribution in [0, 0.1) is 0 Å². The zero-order valence-electron chi connectivity index (χ0n) is 16.9. The number of hydrogen-bond acceptors (Lipinski definition) is 5. The quantitative estimate of drug-likeness (QED) is 0.466. The van der Waals surface area contributed by atoms with Crippen molar-refractivity contribution in [1.82, 2.24) is 4.98 Å². The van der Waals surface area contributed by atoms with Gasteiger partial charge in [-0.1, -0.05) is 43.1 Å². The molecule has 0 bridgehead atoms. The Morgan fingerprint density at radius 2 is 1.90 bits per heavy atom. The molecule has 0 amide bonds. The minimum Gasteiger partial charge on any atom is -0.484 e. The summed E-state index contributed by atoms with van der Waals surface area (Å²) in [4.78, 5) is 19.6. The molecule has 156 valence electrons. The van der Waals surface area contributed by atoms with E-state index in [0.717, 1.165) is 11.1 Å². The second kappa shape index (κ2) is 7.17. The largest absolute Gasteiger partial charge is 0.484 e. The van der Waals surface area contributed by atoms with Gasteiger partial charge in [0.05, 0.1) is 17.0 Å². The number of Topliss-reactive ketones (excluding diaryl/α,β-unsaturated/α-hetero) is 1. The molecule has 1 spiro atoms. The average molecular weight is 445 g/mol. The van der Waals surface area contributed by atoms with E-state index in [1.165, 1.54) is 5.56 Å². The summed E-state index contributed by atoms with van der Waals surface area (Å²) in [5.74, 6) is 0.918. The fraction of sp³-hybridized carbons (Fsp3) is 0.391. The molecule has 7 heteroatoms. The summed E-state index contributed by atoms with van der Waals surface area (Å²) in [5.41, 5.74) is 2.83. The maximum absolute atomic E-state index is 12.8. The molecular formula is C23H22Cl2N2O3. The maximum Gasteiger partial charge on any atom is 0.298 e. The molecule has 1 saturated heterocycles. The molecule has 0 unspecified atom stereocenters. The minimum atomic E-state index is -0.547. The predicted molar refractivity (Wildman–Crippen MR) is 118 cm³/mol. The second-order valence-corrected chi connectivity index (χ2v) is 9.36. The molecule has 1 aromatic heterocycles. The van der Waals surface area contributed by atoms with Gasteiger partial charge in [0, 0.05) is 31.0 Å². The van der Waals surface area contributed by atoms with Gasteiger partial charge in [0.15, 0.2) is 11.4 Å². The number of halogens is 2. The third-order valence-electron chi connectivity index (χ3n) is 6.12. The Labute approximate surface area is 184 Å². The molecule has 3 aromatic rings. The van der Waals surface area contributed by atoms with E-state index in [1.54, 1.807) is 12.1 Å². The number of anilines is 1. The van der Waals surface area contributed by atoms with Crippen LogP contribution in [-0.4, -0.2) is 29.5 Å². The van der Waals surface area contributed by atoms with Crippen LogP contribution in [0.4, 0.5) is 6.01 Å². The van der Waals surface area contributed by atoms with Crippen LogP contribution in [0.15, 0.2) is 34.7 Å². The summed E-state index contributed by atoms with van der Waals surface area (Å²) >= 11 is 12.4. The Bertz CT molecular complexity index is 1150. The average Bonchev–Trinajstić information content (AvgIpc) is 3.13. The summed E-state index contributed by atoms with van der Waals surface area (Å²) in [6.45, 7) is 5.71. The Kier molecular flexibility index (Phi) is 4.71. The number of rotatable bonds is 2. The molecule has 0 aliphatic carbocycles. The first-order valence-electron chi connectivity index (χ1n) is 10.2. The monoisotopic (exact) mass is 444 g/mol. The van der Waals surface area contributed by atoms with Gasteiger partial charge in [0.1, 0.15) is 16.9 Å². The lowest BCUT2D eigenvalue weighted by Crippen LogP contribution is -2.51. The molecule has 1 fully saturated rings. The number of oxazole rings is 1. The first-order valence-corrected chi connectivity index (χ1v) is 11.0. The first kappa shape index (κ1) is 19.7. The van der Waals surface area contributed by atoms with Crippen molar-refractivity contribution in [2.45, 2.75) is 44.6 Å². The highest BCUT2D eigenvalue weighted by molar-refractivity contribution is 6.36. The number of benzene rings is 2. The lowest BCUT2D eigenvalue weighted by atomic mass is 9.82. The topological polar surface area (TPSA) is 55.6 Å². The maximum atomic E-state index is 12.8. The first-order chi connectivity index (χ1) is 14.3. The van der Waals surface area contributed by atoms with Gasteiger partial charge in [-0.05, 0) is 35.7 Å². The van der Waals surface area contributed by atoms with E-state index in [2.05, 4.69) is 30.9 Å². The molecule has 5 nitrogen and oxygen atoms in total. The van der Waals surface area contributed by atoms with Crippen molar-refractivity contribution in [2.75, 3.05) is 18.0 Å². The summed E-state index contributed by atoms with van der Waals surface area (Å²) in [7, 11) is 0. The molecule has 5 rings (SSSR count). The van der Waals surface area contributed by atoms with E-state index >= 15 is 0 Å². The van der Waals surface area contributed by atoms with E-state index in [4.69, 9.17) is 37.3 Å². The molecule has 3 heterocycles. The van der Waals surface area contributed by atoms with E-state index < -0.39 is 5.60 Å². The SMILES string of the molecule is CC(C)c1ccc2oc(N3CCC4(CC3)CC(=O)c3cc(Cl)cc(Cl)c3O4)nc2c1. The molecule has 2 aliphatic heterocycles. The van der Waals surface area contributed by atoms with E-state index in [0.29, 0.717) is 65.6 Å². The van der Waals surface area contributed by atoms with Crippen LogP contribution >= 0.6 is 23.2 Å². The fourth-order valence-electron chi connectivity index (χ4n) is 4.32. The minimum absolute atomic E-state index is 0.0252. The zero-order valence-corrected chi connectivity index (χ0v) is 18.4. The normalized spacial score (nSPS) is 18.2. The molecule has 0 radical (unpaired) electrons. The second-order valence-electron chi connectivity index (χ2n) is 8.51. The highest BCUT2D eigenvalue weighted by Crippen LogP contribution is 2.44. The number of carbonyl (C=O) groups excluding carboxylic acids is 1. The summed E-state index contributed by atoms with van der Waals surface area (Å²) in [6.07, 6.45) is 1.70. The fourth-order valence-corrected chi connectivity index (χ4v) is 4.85. The van der Waals surface area contributed by atoms with Crippen molar-refractivity contribution in [3.63, 3.8) is 0 Å². The number of ketones is 1. The molecule has 2 aromatic carbocycles. The van der Waals surface area contributed by atoms with Gasteiger partial charge in [-0.3, -0.25) is 4.79 Å². The Morgan fingerprint density at radius 3 is 2.63 bits per heavy atom. The van der Waals surface area contributed by atoms with Crippen molar-refractivity contribution in [2.24, 2.45) is 0 Å². The van der Waals surface area contributed by atoms with Crippen LogP contribution in [0.2, 0.25) is 10.0 Å². The third kappa shape index (κ3) is 3.34. The Morgan fingerprint density at radius 1 is 1.13 bits per heavy atom.